The van der Waals surface area contributed by atoms with Gasteiger partial charge in [0.2, 0.25) is 5.91 Å². The fourth-order valence-corrected chi connectivity index (χ4v) is 2.76. The van der Waals surface area contributed by atoms with Gasteiger partial charge in [0.1, 0.15) is 0 Å². The van der Waals surface area contributed by atoms with E-state index in [1.807, 2.05) is 62.4 Å². The molecule has 3 N–H and O–H groups in total. The molecule has 2 aromatic carbocycles. The summed E-state index contributed by atoms with van der Waals surface area (Å²) in [4.78, 5) is 23.6. The van der Waals surface area contributed by atoms with Gasteiger partial charge in [0, 0.05) is 29.3 Å². The number of aryl methyl sites for hydroxylation is 1. The van der Waals surface area contributed by atoms with Gasteiger partial charge >= 0.3 is 6.03 Å². The van der Waals surface area contributed by atoms with Crippen molar-refractivity contribution in [2.24, 2.45) is 11.0 Å². The van der Waals surface area contributed by atoms with Crippen LogP contribution < -0.4 is 16.1 Å². The van der Waals surface area contributed by atoms with Crippen molar-refractivity contribution in [1.29, 1.82) is 0 Å². The van der Waals surface area contributed by atoms with E-state index < -0.39 is 0 Å². The number of nitrogens with one attached hydrogen (secondary N) is 3. The Morgan fingerprint density at radius 3 is 2.72 bits per heavy atom. The monoisotopic (exact) mass is 336 g/mol. The molecule has 0 fully saturated rings. The van der Waals surface area contributed by atoms with Crippen LogP contribution in [0.5, 0.6) is 0 Å². The largest absolute Gasteiger partial charge is 0.323 e. The molecule has 3 amide bonds. The molecular formula is C19H20N4O2. The number of hydrogen-bond donors (Lipinski definition) is 3. The highest BCUT2D eigenvalue weighted by Crippen LogP contribution is 2.20. The third-order valence-electron chi connectivity index (χ3n) is 4.07. The van der Waals surface area contributed by atoms with Crippen molar-refractivity contribution in [1.82, 2.24) is 5.43 Å². The Labute approximate surface area is 146 Å². The normalized spacial score (nSPS) is 16.6. The van der Waals surface area contributed by atoms with E-state index in [-0.39, 0.29) is 17.9 Å². The van der Waals surface area contributed by atoms with Crippen LogP contribution in [0, 0.1) is 12.8 Å². The van der Waals surface area contributed by atoms with E-state index in [9.17, 15) is 9.59 Å². The molecule has 0 saturated heterocycles. The molecule has 0 aromatic heterocycles. The minimum Gasteiger partial charge on any atom is -0.308 e. The second kappa shape index (κ2) is 7.17. The Balaban J connectivity index is 1.73. The lowest BCUT2D eigenvalue weighted by atomic mass is 9.94. The first kappa shape index (κ1) is 16.7. The molecule has 1 unspecified atom stereocenters. The smallest absolute Gasteiger partial charge is 0.308 e. The first-order chi connectivity index (χ1) is 12.0. The average molecular weight is 336 g/mol. The molecule has 0 bridgehead atoms. The maximum Gasteiger partial charge on any atom is 0.323 e. The number of urea groups is 1. The molecule has 2 aromatic rings. The summed E-state index contributed by atoms with van der Waals surface area (Å²) in [7, 11) is 0. The van der Waals surface area contributed by atoms with Gasteiger partial charge in [-0.15, -0.1) is 0 Å². The Bertz CT molecular complexity index is 845. The van der Waals surface area contributed by atoms with E-state index in [2.05, 4.69) is 21.2 Å². The number of hydrazone groups is 1. The van der Waals surface area contributed by atoms with E-state index >= 15 is 0 Å². The van der Waals surface area contributed by atoms with Crippen molar-refractivity contribution >= 4 is 29.0 Å². The van der Waals surface area contributed by atoms with Gasteiger partial charge < -0.3 is 10.6 Å². The Morgan fingerprint density at radius 2 is 1.96 bits per heavy atom. The van der Waals surface area contributed by atoms with E-state index in [1.165, 1.54) is 0 Å². The number of para-hydroxylation sites is 1. The van der Waals surface area contributed by atoms with Crippen molar-refractivity contribution in [3.8, 4) is 0 Å². The average Bonchev–Trinajstić information content (AvgIpc) is 2.57. The van der Waals surface area contributed by atoms with Crippen LogP contribution in [0.15, 0.2) is 53.6 Å². The zero-order chi connectivity index (χ0) is 17.8. The van der Waals surface area contributed by atoms with Crippen molar-refractivity contribution in [3.05, 3.63) is 59.7 Å². The lowest BCUT2D eigenvalue weighted by molar-refractivity contribution is -0.121. The highest BCUT2D eigenvalue weighted by atomic mass is 16.2. The predicted octanol–water partition coefficient (Wildman–Crippen LogP) is 3.50. The van der Waals surface area contributed by atoms with Crippen molar-refractivity contribution in [2.45, 2.75) is 20.3 Å². The zero-order valence-corrected chi connectivity index (χ0v) is 14.2. The molecule has 0 saturated carbocycles. The summed E-state index contributed by atoms with van der Waals surface area (Å²) in [5.41, 5.74) is 6.62. The van der Waals surface area contributed by atoms with Gasteiger partial charge in [0.25, 0.3) is 0 Å². The first-order valence-electron chi connectivity index (χ1n) is 8.13. The number of benzene rings is 2. The van der Waals surface area contributed by atoms with E-state index in [0.717, 1.165) is 22.5 Å². The predicted molar refractivity (Wildman–Crippen MR) is 98.7 cm³/mol. The van der Waals surface area contributed by atoms with E-state index in [4.69, 9.17) is 0 Å². The summed E-state index contributed by atoms with van der Waals surface area (Å²) in [6.45, 7) is 3.90. The van der Waals surface area contributed by atoms with E-state index in [0.29, 0.717) is 12.1 Å². The molecule has 6 nitrogen and oxygen atoms in total. The van der Waals surface area contributed by atoms with Crippen LogP contribution in [0.3, 0.4) is 0 Å². The quantitative estimate of drug-likeness (QED) is 0.801. The van der Waals surface area contributed by atoms with Crippen LogP contribution in [-0.2, 0) is 4.79 Å². The highest BCUT2D eigenvalue weighted by molar-refractivity contribution is 6.07. The fourth-order valence-electron chi connectivity index (χ4n) is 2.76. The van der Waals surface area contributed by atoms with Crippen LogP contribution in [0.25, 0.3) is 0 Å². The standard InChI is InChI=1S/C19H20N4O2/c1-12-6-3-4-9-16(12)21-19(25)20-15-8-5-7-14(11-15)18-13(2)10-17(24)22-23-18/h3-9,11,13H,10H2,1-2H3,(H,22,24)(H2,20,21,25). The van der Waals surface area contributed by atoms with Crippen LogP contribution >= 0.6 is 0 Å². The van der Waals surface area contributed by atoms with Gasteiger partial charge in [-0.2, -0.15) is 5.10 Å². The minimum atomic E-state index is -0.307. The number of nitrogens with zero attached hydrogens (tertiary/aromatic N) is 1. The van der Waals surface area contributed by atoms with E-state index in [1.54, 1.807) is 0 Å². The van der Waals surface area contributed by atoms with Gasteiger partial charge in [-0.1, -0.05) is 37.3 Å². The Morgan fingerprint density at radius 1 is 1.16 bits per heavy atom. The number of carbonyl (C=O) groups is 2. The van der Waals surface area contributed by atoms with Gasteiger partial charge in [0.15, 0.2) is 0 Å². The lowest BCUT2D eigenvalue weighted by Crippen LogP contribution is -2.32. The fraction of sp³-hybridized carbons (Fsp3) is 0.211. The molecule has 1 aliphatic heterocycles. The van der Waals surface area contributed by atoms with Gasteiger partial charge in [0.05, 0.1) is 5.71 Å². The lowest BCUT2D eigenvalue weighted by Gasteiger charge is -2.19. The third-order valence-corrected chi connectivity index (χ3v) is 4.07. The molecular weight excluding hydrogens is 316 g/mol. The van der Waals surface area contributed by atoms with Gasteiger partial charge in [-0.05, 0) is 30.7 Å². The Hall–Kier alpha value is -3.15. The molecule has 25 heavy (non-hydrogen) atoms. The molecule has 0 spiro atoms. The van der Waals surface area contributed by atoms with Crippen LogP contribution in [-0.4, -0.2) is 17.6 Å². The summed E-state index contributed by atoms with van der Waals surface area (Å²) in [5, 5.41) is 9.81. The van der Waals surface area contributed by atoms with Gasteiger partial charge in [-0.3, -0.25) is 4.79 Å². The van der Waals surface area contributed by atoms with Crippen molar-refractivity contribution in [3.63, 3.8) is 0 Å². The first-order valence-corrected chi connectivity index (χ1v) is 8.13. The second-order valence-corrected chi connectivity index (χ2v) is 6.11. The number of rotatable bonds is 3. The molecule has 128 valence electrons. The minimum absolute atomic E-state index is 0.0322. The molecule has 1 aliphatic rings. The second-order valence-electron chi connectivity index (χ2n) is 6.11. The number of hydrogen-bond acceptors (Lipinski definition) is 3. The highest BCUT2D eigenvalue weighted by Gasteiger charge is 2.21. The maximum atomic E-state index is 12.2. The van der Waals surface area contributed by atoms with Crippen LogP contribution in [0.4, 0.5) is 16.2 Å². The molecule has 0 aliphatic carbocycles. The van der Waals surface area contributed by atoms with Crippen molar-refractivity contribution < 1.29 is 9.59 Å². The third kappa shape index (κ3) is 4.03. The molecule has 1 atom stereocenters. The summed E-state index contributed by atoms with van der Waals surface area (Å²) in [5.74, 6) is -0.0482. The molecule has 6 heteroatoms. The topological polar surface area (TPSA) is 82.6 Å². The summed E-state index contributed by atoms with van der Waals surface area (Å²) in [6, 6.07) is 14.7. The number of carbonyl (C=O) groups excluding carboxylic acids is 2. The summed E-state index contributed by atoms with van der Waals surface area (Å²) >= 11 is 0. The van der Waals surface area contributed by atoms with Gasteiger partial charge in [-0.25, -0.2) is 10.2 Å². The molecule has 0 radical (unpaired) electrons. The summed E-state index contributed by atoms with van der Waals surface area (Å²) in [6.07, 6.45) is 0.407. The SMILES string of the molecule is Cc1ccccc1NC(=O)Nc1cccc(C2=NNC(=O)CC2C)c1. The summed E-state index contributed by atoms with van der Waals surface area (Å²) < 4.78 is 0. The maximum absolute atomic E-state index is 12.2. The van der Waals surface area contributed by atoms with Crippen molar-refractivity contribution in [2.75, 3.05) is 10.6 Å². The Kier molecular flexibility index (Phi) is 4.79. The number of anilines is 2. The zero-order valence-electron chi connectivity index (χ0n) is 14.2. The molecule has 1 heterocycles. The van der Waals surface area contributed by atoms with Crippen LogP contribution in [0.1, 0.15) is 24.5 Å². The molecule has 3 rings (SSSR count). The number of amides is 3. The van der Waals surface area contributed by atoms with Crippen LogP contribution in [0.2, 0.25) is 0 Å².